The topological polar surface area (TPSA) is 107 Å². The van der Waals surface area contributed by atoms with Gasteiger partial charge in [0, 0.05) is 5.69 Å². The van der Waals surface area contributed by atoms with Crippen LogP contribution in [0.3, 0.4) is 0 Å². The molecule has 1 aromatic rings. The Morgan fingerprint density at radius 3 is 2.38 bits per heavy atom. The van der Waals surface area contributed by atoms with E-state index in [4.69, 9.17) is 10.3 Å². The Bertz CT molecular complexity index is 465. The van der Waals surface area contributed by atoms with Gasteiger partial charge < -0.3 is 10.5 Å². The van der Waals surface area contributed by atoms with E-state index in [2.05, 4.69) is 4.74 Å². The first-order valence-electron chi connectivity index (χ1n) is 4.36. The normalized spacial score (nSPS) is 11.1. The molecule has 0 aromatic heterocycles. The second-order valence-electron chi connectivity index (χ2n) is 3.04. The molecular weight excluding hydrogens is 234 g/mol. The molecule has 0 fully saturated rings. The molecule has 0 spiro atoms. The Balaban J connectivity index is 2.50. The molecule has 0 saturated carbocycles. The first-order chi connectivity index (χ1) is 7.38. The summed E-state index contributed by atoms with van der Waals surface area (Å²) in [6.07, 6.45) is 0. The summed E-state index contributed by atoms with van der Waals surface area (Å²) < 4.78 is 33.7. The van der Waals surface area contributed by atoms with Gasteiger partial charge in [-0.15, -0.1) is 0 Å². The number of anilines is 1. The molecule has 0 saturated heterocycles. The number of nitrogen functional groups attached to an aromatic ring is 1. The molecular formula is C9H11NO5S. The van der Waals surface area contributed by atoms with Crippen molar-refractivity contribution in [2.24, 2.45) is 0 Å². The van der Waals surface area contributed by atoms with E-state index in [0.29, 0.717) is 5.69 Å². The highest BCUT2D eigenvalue weighted by Crippen LogP contribution is 2.06. The quantitative estimate of drug-likeness (QED) is 0.449. The highest BCUT2D eigenvalue weighted by molar-refractivity contribution is 7.85. The van der Waals surface area contributed by atoms with Gasteiger partial charge in [-0.1, -0.05) is 0 Å². The van der Waals surface area contributed by atoms with E-state index < -0.39 is 21.8 Å². The highest BCUT2D eigenvalue weighted by Gasteiger charge is 2.09. The molecule has 0 bridgehead atoms. The molecule has 3 N–H and O–H groups in total. The Hall–Kier alpha value is -1.60. The molecule has 7 heteroatoms. The Morgan fingerprint density at radius 2 is 1.88 bits per heavy atom. The summed E-state index contributed by atoms with van der Waals surface area (Å²) in [4.78, 5) is 11.3. The lowest BCUT2D eigenvalue weighted by Gasteiger charge is -2.03. The first-order valence-corrected chi connectivity index (χ1v) is 5.97. The summed E-state index contributed by atoms with van der Waals surface area (Å²) in [6.45, 7) is -0.387. The highest BCUT2D eigenvalue weighted by atomic mass is 32.2. The van der Waals surface area contributed by atoms with Crippen LogP contribution in [0.15, 0.2) is 24.3 Å². The van der Waals surface area contributed by atoms with Crippen molar-refractivity contribution in [1.29, 1.82) is 0 Å². The van der Waals surface area contributed by atoms with Gasteiger partial charge in [-0.25, -0.2) is 4.79 Å². The van der Waals surface area contributed by atoms with Gasteiger partial charge in [0.05, 0.1) is 5.56 Å². The number of rotatable bonds is 4. The van der Waals surface area contributed by atoms with E-state index in [1.807, 2.05) is 0 Å². The van der Waals surface area contributed by atoms with Gasteiger partial charge in [0.2, 0.25) is 0 Å². The molecule has 0 amide bonds. The standard InChI is InChI=1S/C9H11NO5S/c10-8-3-1-7(2-4-8)9(11)15-5-6-16(12,13)14/h1-4H,5-6,10H2,(H,12,13,14). The van der Waals surface area contributed by atoms with Crippen LogP contribution in [0, 0.1) is 0 Å². The molecule has 0 unspecified atom stereocenters. The van der Waals surface area contributed by atoms with Crippen LogP contribution in [0.4, 0.5) is 5.69 Å². The van der Waals surface area contributed by atoms with Gasteiger partial charge in [-0.3, -0.25) is 4.55 Å². The molecule has 16 heavy (non-hydrogen) atoms. The molecule has 1 rings (SSSR count). The number of carbonyl (C=O) groups excluding carboxylic acids is 1. The SMILES string of the molecule is Nc1ccc(C(=O)OCCS(=O)(=O)O)cc1. The zero-order valence-electron chi connectivity index (χ0n) is 8.29. The number of hydrogen-bond donors (Lipinski definition) is 2. The summed E-state index contributed by atoms with van der Waals surface area (Å²) in [5.41, 5.74) is 6.20. The largest absolute Gasteiger partial charge is 0.461 e. The van der Waals surface area contributed by atoms with Gasteiger partial charge in [-0.2, -0.15) is 8.42 Å². The minimum atomic E-state index is -4.11. The summed E-state index contributed by atoms with van der Waals surface area (Å²) >= 11 is 0. The Kier molecular flexibility index (Phi) is 3.86. The molecule has 0 radical (unpaired) electrons. The summed E-state index contributed by atoms with van der Waals surface area (Å²) in [5.74, 6) is -1.28. The third-order valence-electron chi connectivity index (χ3n) is 1.72. The van der Waals surface area contributed by atoms with Crippen molar-refractivity contribution in [1.82, 2.24) is 0 Å². The predicted molar refractivity (Wildman–Crippen MR) is 57.6 cm³/mol. The van der Waals surface area contributed by atoms with E-state index >= 15 is 0 Å². The van der Waals surface area contributed by atoms with Crippen molar-refractivity contribution in [2.45, 2.75) is 0 Å². The second-order valence-corrected chi connectivity index (χ2v) is 4.62. The fraction of sp³-hybridized carbons (Fsp3) is 0.222. The van der Waals surface area contributed by atoms with Crippen LogP contribution in [0.25, 0.3) is 0 Å². The van der Waals surface area contributed by atoms with E-state index in [0.717, 1.165) is 0 Å². The van der Waals surface area contributed by atoms with E-state index in [1.54, 1.807) is 0 Å². The fourth-order valence-corrected chi connectivity index (χ4v) is 1.24. The summed E-state index contributed by atoms with van der Waals surface area (Å²) in [6, 6.07) is 5.98. The van der Waals surface area contributed by atoms with Crippen LogP contribution in [-0.4, -0.2) is 31.3 Å². The van der Waals surface area contributed by atoms with Crippen LogP contribution < -0.4 is 5.73 Å². The fourth-order valence-electron chi connectivity index (χ4n) is 0.942. The van der Waals surface area contributed by atoms with Crippen molar-refractivity contribution in [3.8, 4) is 0 Å². The van der Waals surface area contributed by atoms with Gasteiger partial charge >= 0.3 is 5.97 Å². The molecule has 0 aliphatic carbocycles. The molecule has 0 aliphatic rings. The third-order valence-corrected chi connectivity index (χ3v) is 2.40. The van der Waals surface area contributed by atoms with Crippen molar-refractivity contribution in [2.75, 3.05) is 18.1 Å². The number of carbonyl (C=O) groups is 1. The number of ether oxygens (including phenoxy) is 1. The van der Waals surface area contributed by atoms with Crippen LogP contribution >= 0.6 is 0 Å². The monoisotopic (exact) mass is 245 g/mol. The molecule has 0 atom stereocenters. The lowest BCUT2D eigenvalue weighted by atomic mass is 10.2. The average molecular weight is 245 g/mol. The van der Waals surface area contributed by atoms with Gasteiger partial charge in [0.25, 0.3) is 10.1 Å². The molecule has 1 aromatic carbocycles. The van der Waals surface area contributed by atoms with Gasteiger partial charge in [0.15, 0.2) is 0 Å². The Morgan fingerprint density at radius 1 is 1.31 bits per heavy atom. The maximum Gasteiger partial charge on any atom is 0.338 e. The first kappa shape index (κ1) is 12.5. The molecule has 0 heterocycles. The lowest BCUT2D eigenvalue weighted by Crippen LogP contribution is -2.14. The zero-order valence-corrected chi connectivity index (χ0v) is 9.11. The molecule has 88 valence electrons. The van der Waals surface area contributed by atoms with Crippen LogP contribution in [0.2, 0.25) is 0 Å². The minimum Gasteiger partial charge on any atom is -0.461 e. The van der Waals surface area contributed by atoms with Gasteiger partial charge in [0.1, 0.15) is 12.4 Å². The summed E-state index contributed by atoms with van der Waals surface area (Å²) in [5, 5.41) is 0. The second kappa shape index (κ2) is 4.95. The number of benzene rings is 1. The van der Waals surface area contributed by atoms with Crippen molar-refractivity contribution in [3.05, 3.63) is 29.8 Å². The van der Waals surface area contributed by atoms with Gasteiger partial charge in [-0.05, 0) is 24.3 Å². The number of hydrogen-bond acceptors (Lipinski definition) is 5. The molecule has 6 nitrogen and oxygen atoms in total. The van der Waals surface area contributed by atoms with Crippen LogP contribution in [0.5, 0.6) is 0 Å². The van der Waals surface area contributed by atoms with Crippen molar-refractivity contribution < 1.29 is 22.5 Å². The van der Waals surface area contributed by atoms with Crippen molar-refractivity contribution >= 4 is 21.8 Å². The van der Waals surface area contributed by atoms with Crippen LogP contribution in [-0.2, 0) is 14.9 Å². The van der Waals surface area contributed by atoms with E-state index in [-0.39, 0.29) is 12.2 Å². The number of esters is 1. The van der Waals surface area contributed by atoms with E-state index in [9.17, 15) is 13.2 Å². The summed E-state index contributed by atoms with van der Waals surface area (Å²) in [7, 11) is -4.11. The maximum atomic E-state index is 11.3. The van der Waals surface area contributed by atoms with Crippen LogP contribution in [0.1, 0.15) is 10.4 Å². The maximum absolute atomic E-state index is 11.3. The van der Waals surface area contributed by atoms with E-state index in [1.165, 1.54) is 24.3 Å². The predicted octanol–water partition coefficient (Wildman–Crippen LogP) is 0.313. The minimum absolute atomic E-state index is 0.268. The molecule has 0 aliphatic heterocycles. The Labute approximate surface area is 92.8 Å². The zero-order chi connectivity index (χ0) is 12.2. The smallest absolute Gasteiger partial charge is 0.338 e. The third kappa shape index (κ3) is 4.28. The average Bonchev–Trinajstić information content (AvgIpc) is 2.16. The lowest BCUT2D eigenvalue weighted by molar-refractivity contribution is 0.0528. The number of nitrogens with two attached hydrogens (primary N) is 1. The van der Waals surface area contributed by atoms with Crippen molar-refractivity contribution in [3.63, 3.8) is 0 Å².